The highest BCUT2D eigenvalue weighted by Crippen LogP contribution is 2.42. The van der Waals surface area contributed by atoms with E-state index >= 15 is 0 Å². The Balaban J connectivity index is 2.60. The standard InChI is InChI=1S/C11H7Cl2F3NO3/c12-5-1-4-2-6(10(18)20-17)9(11(14,15)16)19-8(4)7(13)3-5/h1-3,9H,17H3/q+1. The van der Waals surface area contributed by atoms with Crippen molar-refractivity contribution in [3.8, 4) is 5.75 Å². The number of rotatable bonds is 1. The number of alkyl halides is 3. The first-order valence-corrected chi connectivity index (χ1v) is 5.90. The van der Waals surface area contributed by atoms with Crippen LogP contribution >= 0.6 is 23.2 Å². The van der Waals surface area contributed by atoms with Crippen LogP contribution in [0.25, 0.3) is 6.08 Å². The first kappa shape index (κ1) is 15.0. The zero-order valence-electron chi connectivity index (χ0n) is 9.63. The molecule has 108 valence electrons. The molecule has 0 aromatic heterocycles. The van der Waals surface area contributed by atoms with E-state index in [2.05, 4.69) is 10.7 Å². The first-order chi connectivity index (χ1) is 9.24. The summed E-state index contributed by atoms with van der Waals surface area (Å²) >= 11 is 11.5. The number of hydrogen-bond acceptors (Lipinski definition) is 3. The van der Waals surface area contributed by atoms with Crippen LogP contribution in [0, 0.1) is 0 Å². The molecule has 0 aliphatic carbocycles. The highest BCUT2D eigenvalue weighted by atomic mass is 35.5. The molecule has 1 aliphatic heterocycles. The van der Waals surface area contributed by atoms with Crippen LogP contribution in [0.2, 0.25) is 10.0 Å². The van der Waals surface area contributed by atoms with Gasteiger partial charge in [-0.05, 0) is 18.2 Å². The molecule has 1 atom stereocenters. The van der Waals surface area contributed by atoms with E-state index < -0.39 is 23.8 Å². The first-order valence-electron chi connectivity index (χ1n) is 5.14. The molecule has 0 bridgehead atoms. The Kier molecular flexibility index (Phi) is 3.86. The van der Waals surface area contributed by atoms with Gasteiger partial charge in [0.1, 0.15) is 5.75 Å². The number of hydrogen-bond donors (Lipinski definition) is 1. The molecule has 0 radical (unpaired) electrons. The van der Waals surface area contributed by atoms with Crippen molar-refractivity contribution in [3.05, 3.63) is 33.3 Å². The fraction of sp³-hybridized carbons (Fsp3) is 0.182. The maximum Gasteiger partial charge on any atom is 0.430 e. The maximum atomic E-state index is 12.9. The second-order valence-electron chi connectivity index (χ2n) is 3.88. The molecule has 9 heteroatoms. The van der Waals surface area contributed by atoms with Gasteiger partial charge in [0, 0.05) is 10.6 Å². The Morgan fingerprint density at radius 1 is 1.35 bits per heavy atom. The average Bonchev–Trinajstić information content (AvgIpc) is 2.35. The fourth-order valence-electron chi connectivity index (χ4n) is 1.73. The summed E-state index contributed by atoms with van der Waals surface area (Å²) in [6.07, 6.45) is -6.30. The lowest BCUT2D eigenvalue weighted by Gasteiger charge is -2.27. The maximum absolute atomic E-state index is 12.9. The Morgan fingerprint density at radius 3 is 2.55 bits per heavy atom. The van der Waals surface area contributed by atoms with E-state index in [1.165, 1.54) is 12.1 Å². The summed E-state index contributed by atoms with van der Waals surface area (Å²) in [5.74, 6) is 1.37. The smallest absolute Gasteiger partial charge is 0.430 e. The van der Waals surface area contributed by atoms with Gasteiger partial charge in [-0.15, -0.1) is 0 Å². The molecular formula is C11H7Cl2F3NO3+. The lowest BCUT2D eigenvalue weighted by atomic mass is 10.0. The van der Waals surface area contributed by atoms with Crippen LogP contribution in [0.1, 0.15) is 5.56 Å². The zero-order valence-corrected chi connectivity index (χ0v) is 11.1. The molecule has 1 aromatic carbocycles. The SMILES string of the molecule is [NH3+]OC(=O)C1=Cc2cc(Cl)cc(Cl)c2OC1C(F)(F)F. The van der Waals surface area contributed by atoms with Gasteiger partial charge < -0.3 is 4.74 Å². The van der Waals surface area contributed by atoms with Gasteiger partial charge in [-0.3, -0.25) is 4.84 Å². The van der Waals surface area contributed by atoms with E-state index in [1.54, 1.807) is 0 Å². The monoisotopic (exact) mass is 328 g/mol. The van der Waals surface area contributed by atoms with Crippen molar-refractivity contribution in [3.63, 3.8) is 0 Å². The Morgan fingerprint density at radius 2 is 2.00 bits per heavy atom. The van der Waals surface area contributed by atoms with E-state index in [1.807, 2.05) is 0 Å². The van der Waals surface area contributed by atoms with E-state index in [4.69, 9.17) is 27.9 Å². The summed E-state index contributed by atoms with van der Waals surface area (Å²) in [7, 11) is 0. The number of quaternary nitrogens is 1. The molecule has 3 N–H and O–H groups in total. The normalized spacial score (nSPS) is 17.9. The van der Waals surface area contributed by atoms with Gasteiger partial charge in [0.25, 0.3) is 0 Å². The van der Waals surface area contributed by atoms with Crippen LogP contribution in [0.3, 0.4) is 0 Å². The van der Waals surface area contributed by atoms with Gasteiger partial charge in [0.05, 0.1) is 10.6 Å². The molecule has 1 aliphatic rings. The summed E-state index contributed by atoms with van der Waals surface area (Å²) in [6, 6.07) is 2.57. The summed E-state index contributed by atoms with van der Waals surface area (Å²) < 4.78 is 43.6. The Labute approximate surface area is 120 Å². The average molecular weight is 329 g/mol. The van der Waals surface area contributed by atoms with Gasteiger partial charge in [-0.2, -0.15) is 19.1 Å². The largest absolute Gasteiger partial charge is 0.474 e. The van der Waals surface area contributed by atoms with E-state index in [0.717, 1.165) is 6.08 Å². The van der Waals surface area contributed by atoms with Crippen molar-refractivity contribution in [1.29, 1.82) is 0 Å². The fourth-order valence-corrected chi connectivity index (χ4v) is 2.28. The summed E-state index contributed by atoms with van der Waals surface area (Å²) in [4.78, 5) is 15.5. The van der Waals surface area contributed by atoms with E-state index in [9.17, 15) is 18.0 Å². The minimum Gasteiger partial charge on any atom is -0.474 e. The number of ether oxygens (including phenoxy) is 1. The van der Waals surface area contributed by atoms with E-state index in [-0.39, 0.29) is 21.4 Å². The molecular weight excluding hydrogens is 322 g/mol. The number of carbonyl (C=O) groups excluding carboxylic acids is 1. The van der Waals surface area contributed by atoms with Crippen LogP contribution in [-0.2, 0) is 9.63 Å². The van der Waals surface area contributed by atoms with Crippen LogP contribution in [-0.4, -0.2) is 18.2 Å². The van der Waals surface area contributed by atoms with Gasteiger partial charge in [-0.1, -0.05) is 23.2 Å². The van der Waals surface area contributed by atoms with Crippen molar-refractivity contribution in [2.75, 3.05) is 0 Å². The molecule has 0 amide bonds. The minimum absolute atomic E-state index is 0.0833. The number of fused-ring (bicyclic) bond motifs is 1. The lowest BCUT2D eigenvalue weighted by Crippen LogP contribution is -2.53. The third-order valence-corrected chi connectivity index (χ3v) is 3.03. The van der Waals surface area contributed by atoms with Gasteiger partial charge in [0.2, 0.25) is 6.10 Å². The lowest BCUT2D eigenvalue weighted by molar-refractivity contribution is -0.656. The molecule has 2 rings (SSSR count). The molecule has 4 nitrogen and oxygen atoms in total. The highest BCUT2D eigenvalue weighted by Gasteiger charge is 2.49. The van der Waals surface area contributed by atoms with Crippen LogP contribution in [0.4, 0.5) is 13.2 Å². The topological polar surface area (TPSA) is 63.2 Å². The quantitative estimate of drug-likeness (QED) is 0.805. The molecule has 20 heavy (non-hydrogen) atoms. The number of carbonyl (C=O) groups is 1. The molecule has 0 fully saturated rings. The van der Waals surface area contributed by atoms with Crippen molar-refractivity contribution < 1.29 is 33.4 Å². The molecule has 1 aromatic rings. The highest BCUT2D eigenvalue weighted by molar-refractivity contribution is 6.36. The number of halogens is 5. The zero-order chi connectivity index (χ0) is 15.1. The van der Waals surface area contributed by atoms with Crippen molar-refractivity contribution in [2.24, 2.45) is 0 Å². The van der Waals surface area contributed by atoms with Crippen molar-refractivity contribution >= 4 is 35.2 Å². The van der Waals surface area contributed by atoms with E-state index in [0.29, 0.717) is 0 Å². The van der Waals surface area contributed by atoms with Crippen molar-refractivity contribution in [1.82, 2.24) is 0 Å². The summed E-state index contributed by atoms with van der Waals surface area (Å²) in [5, 5.41) is 0.112. The van der Waals surface area contributed by atoms with Gasteiger partial charge >= 0.3 is 12.1 Å². The van der Waals surface area contributed by atoms with Crippen LogP contribution in [0.5, 0.6) is 5.75 Å². The van der Waals surface area contributed by atoms with Crippen LogP contribution in [0.15, 0.2) is 17.7 Å². The molecule has 1 unspecified atom stereocenters. The molecule has 0 saturated heterocycles. The third-order valence-electron chi connectivity index (χ3n) is 2.53. The second kappa shape index (κ2) is 5.16. The molecule has 1 heterocycles. The predicted molar refractivity (Wildman–Crippen MR) is 63.9 cm³/mol. The molecule has 0 spiro atoms. The van der Waals surface area contributed by atoms with Crippen LogP contribution < -0.4 is 10.6 Å². The summed E-state index contributed by atoms with van der Waals surface area (Å²) in [5.41, 5.74) is -0.568. The second-order valence-corrected chi connectivity index (χ2v) is 4.72. The predicted octanol–water partition coefficient (Wildman–Crippen LogP) is 2.40. The number of benzene rings is 1. The van der Waals surface area contributed by atoms with Gasteiger partial charge in [-0.25, -0.2) is 4.79 Å². The molecule has 0 saturated carbocycles. The van der Waals surface area contributed by atoms with Crippen molar-refractivity contribution in [2.45, 2.75) is 12.3 Å². The van der Waals surface area contributed by atoms with Gasteiger partial charge in [0.15, 0.2) is 0 Å². The minimum atomic E-state index is -4.80. The third kappa shape index (κ3) is 2.70. The summed E-state index contributed by atoms with van der Waals surface area (Å²) in [6.45, 7) is 0. The Hall–Kier alpha value is -1.44. The Bertz CT molecular complexity index is 601.